The second kappa shape index (κ2) is 9.67. The zero-order valence-corrected chi connectivity index (χ0v) is 19.2. The molecule has 2 heterocycles. The zero-order valence-electron chi connectivity index (χ0n) is 19.2. The smallest absolute Gasteiger partial charge is 0.225 e. The summed E-state index contributed by atoms with van der Waals surface area (Å²) >= 11 is 0. The number of rotatable bonds is 5. The van der Waals surface area contributed by atoms with E-state index in [-0.39, 0.29) is 11.7 Å². The molecule has 1 saturated heterocycles. The fourth-order valence-corrected chi connectivity index (χ4v) is 4.82. The second-order valence-corrected chi connectivity index (χ2v) is 9.04. The predicted molar refractivity (Wildman–Crippen MR) is 132 cm³/mol. The van der Waals surface area contributed by atoms with Crippen molar-refractivity contribution in [2.75, 3.05) is 31.1 Å². The van der Waals surface area contributed by atoms with Crippen LogP contribution in [0.1, 0.15) is 39.3 Å². The number of piperazine rings is 1. The summed E-state index contributed by atoms with van der Waals surface area (Å²) in [5.74, 6) is 1.11. The first kappa shape index (κ1) is 21.5. The van der Waals surface area contributed by atoms with Crippen LogP contribution < -0.4 is 4.90 Å². The molecule has 1 atom stereocenters. The molecule has 5 rings (SSSR count). The van der Waals surface area contributed by atoms with Crippen molar-refractivity contribution in [1.29, 1.82) is 0 Å². The van der Waals surface area contributed by atoms with Gasteiger partial charge in [0.05, 0.1) is 17.0 Å². The van der Waals surface area contributed by atoms with E-state index in [0.29, 0.717) is 6.42 Å². The molecule has 0 N–H and O–H groups in total. The van der Waals surface area contributed by atoms with Gasteiger partial charge in [-0.25, -0.2) is 9.97 Å². The first-order valence-electron chi connectivity index (χ1n) is 11.8. The third kappa shape index (κ3) is 5.04. The minimum Gasteiger partial charge on any atom is -0.338 e. The summed E-state index contributed by atoms with van der Waals surface area (Å²) < 4.78 is 0. The highest BCUT2D eigenvalue weighted by atomic mass is 16.1. The Morgan fingerprint density at radius 2 is 1.61 bits per heavy atom. The molecule has 0 bridgehead atoms. The van der Waals surface area contributed by atoms with Gasteiger partial charge in [-0.15, -0.1) is 0 Å². The molecule has 0 unspecified atom stereocenters. The lowest BCUT2D eigenvalue weighted by Gasteiger charge is -2.35. The van der Waals surface area contributed by atoms with E-state index in [1.807, 2.05) is 25.1 Å². The maximum Gasteiger partial charge on any atom is 0.225 e. The number of allylic oxidation sites excluding steroid dienone is 1. The molecule has 2 aliphatic rings. The molecule has 1 aromatic heterocycles. The highest BCUT2D eigenvalue weighted by molar-refractivity contribution is 5.99. The van der Waals surface area contributed by atoms with Crippen LogP contribution in [0.25, 0.3) is 6.08 Å². The summed E-state index contributed by atoms with van der Waals surface area (Å²) in [4.78, 5) is 27.3. The average Bonchev–Trinajstić information content (AvgIpc) is 2.84. The van der Waals surface area contributed by atoms with Gasteiger partial charge < -0.3 is 4.90 Å². The van der Waals surface area contributed by atoms with Crippen LogP contribution in [0.15, 0.2) is 66.7 Å². The van der Waals surface area contributed by atoms with Gasteiger partial charge in [0.15, 0.2) is 5.78 Å². The molecule has 168 valence electrons. The molecule has 2 aromatic carbocycles. The van der Waals surface area contributed by atoms with E-state index in [0.717, 1.165) is 67.6 Å². The summed E-state index contributed by atoms with van der Waals surface area (Å²) in [6.07, 6.45) is 5.59. The third-order valence-electron chi connectivity index (χ3n) is 6.60. The number of benzene rings is 2. The van der Waals surface area contributed by atoms with Crippen molar-refractivity contribution >= 4 is 17.8 Å². The van der Waals surface area contributed by atoms with E-state index in [1.54, 1.807) is 0 Å². The van der Waals surface area contributed by atoms with Gasteiger partial charge in [-0.3, -0.25) is 9.69 Å². The Bertz CT molecular complexity index is 1140. The van der Waals surface area contributed by atoms with Crippen LogP contribution in [0.3, 0.4) is 0 Å². The number of carbonyl (C=O) groups excluding carboxylic acids is 1. The lowest BCUT2D eigenvalue weighted by Crippen LogP contribution is -2.46. The molecule has 5 heteroatoms. The Morgan fingerprint density at radius 1 is 0.909 bits per heavy atom. The van der Waals surface area contributed by atoms with Crippen LogP contribution in [0.4, 0.5) is 5.95 Å². The van der Waals surface area contributed by atoms with E-state index >= 15 is 0 Å². The van der Waals surface area contributed by atoms with Crippen LogP contribution in [0, 0.1) is 12.8 Å². The molecular formula is C28H30N4O. The van der Waals surface area contributed by atoms with Gasteiger partial charge in [0, 0.05) is 39.1 Å². The first-order chi connectivity index (χ1) is 16.2. The maximum absolute atomic E-state index is 12.9. The molecule has 33 heavy (non-hydrogen) atoms. The molecule has 1 aliphatic carbocycles. The summed E-state index contributed by atoms with van der Waals surface area (Å²) in [6.45, 7) is 6.69. The van der Waals surface area contributed by atoms with Crippen LogP contribution in [0.5, 0.6) is 0 Å². The maximum atomic E-state index is 12.9. The van der Waals surface area contributed by atoms with E-state index in [2.05, 4.69) is 64.4 Å². The number of hydrogen-bond donors (Lipinski definition) is 0. The summed E-state index contributed by atoms with van der Waals surface area (Å²) in [6, 6.07) is 20.9. The SMILES string of the molecule is Cc1nc(N2CCN(Cc3ccccc3)CC2)nc2c1C(=O)C[C@@H](/C=C/c1ccccc1)C2. The van der Waals surface area contributed by atoms with Crippen LogP contribution in [-0.4, -0.2) is 46.8 Å². The Hall–Kier alpha value is -3.31. The van der Waals surface area contributed by atoms with Gasteiger partial charge >= 0.3 is 0 Å². The van der Waals surface area contributed by atoms with E-state index in [4.69, 9.17) is 9.97 Å². The number of nitrogens with zero attached hydrogens (tertiary/aromatic N) is 4. The molecule has 3 aromatic rings. The monoisotopic (exact) mass is 438 g/mol. The van der Waals surface area contributed by atoms with Crippen molar-refractivity contribution in [3.63, 3.8) is 0 Å². The van der Waals surface area contributed by atoms with Crippen LogP contribution >= 0.6 is 0 Å². The first-order valence-corrected chi connectivity index (χ1v) is 11.8. The fourth-order valence-electron chi connectivity index (χ4n) is 4.82. The van der Waals surface area contributed by atoms with Gasteiger partial charge in [-0.05, 0) is 30.4 Å². The molecule has 0 saturated carbocycles. The zero-order chi connectivity index (χ0) is 22.6. The third-order valence-corrected chi connectivity index (χ3v) is 6.60. The number of fused-ring (bicyclic) bond motifs is 1. The molecule has 1 fully saturated rings. The highest BCUT2D eigenvalue weighted by Crippen LogP contribution is 2.29. The van der Waals surface area contributed by atoms with E-state index in [1.165, 1.54) is 5.56 Å². The van der Waals surface area contributed by atoms with Gasteiger partial charge in [0.1, 0.15) is 0 Å². The minimum atomic E-state index is 0.163. The lowest BCUT2D eigenvalue weighted by molar-refractivity contribution is 0.0956. The highest BCUT2D eigenvalue weighted by Gasteiger charge is 2.29. The molecular weight excluding hydrogens is 408 g/mol. The van der Waals surface area contributed by atoms with Crippen LogP contribution in [-0.2, 0) is 13.0 Å². The van der Waals surface area contributed by atoms with Crippen molar-refractivity contribution in [1.82, 2.24) is 14.9 Å². The minimum absolute atomic E-state index is 0.163. The number of aromatic nitrogens is 2. The van der Waals surface area contributed by atoms with Gasteiger partial charge in [0.2, 0.25) is 5.95 Å². The van der Waals surface area contributed by atoms with Crippen molar-refractivity contribution in [3.8, 4) is 0 Å². The van der Waals surface area contributed by atoms with Gasteiger partial charge in [-0.1, -0.05) is 72.8 Å². The van der Waals surface area contributed by atoms with Gasteiger partial charge in [-0.2, -0.15) is 0 Å². The van der Waals surface area contributed by atoms with Crippen molar-refractivity contribution in [2.45, 2.75) is 26.3 Å². The summed E-state index contributed by atoms with van der Waals surface area (Å²) in [7, 11) is 0. The standard InChI is InChI=1S/C28H30N4O/c1-21-27-25(18-24(19-26(27)33)13-12-22-8-4-2-5-9-22)30-28(29-21)32-16-14-31(15-17-32)20-23-10-6-3-7-11-23/h2-13,24H,14-20H2,1H3/b13-12+/t24-/m0/s1. The number of ketones is 1. The summed E-state index contributed by atoms with van der Waals surface area (Å²) in [5.41, 5.74) is 4.97. The average molecular weight is 439 g/mol. The Morgan fingerprint density at radius 3 is 2.33 bits per heavy atom. The van der Waals surface area contributed by atoms with E-state index < -0.39 is 0 Å². The molecule has 0 spiro atoms. The van der Waals surface area contributed by atoms with Crippen molar-refractivity contribution < 1.29 is 4.79 Å². The Labute approximate surface area is 195 Å². The number of carbonyl (C=O) groups is 1. The Balaban J connectivity index is 1.28. The summed E-state index contributed by atoms with van der Waals surface area (Å²) in [5, 5.41) is 0. The quantitative estimate of drug-likeness (QED) is 0.584. The number of Topliss-reactive ketones (excluding diaryl/α,β-unsaturated/α-hetero) is 1. The van der Waals surface area contributed by atoms with Crippen molar-refractivity contribution in [2.24, 2.45) is 5.92 Å². The molecule has 1 aliphatic heterocycles. The number of hydrogen-bond acceptors (Lipinski definition) is 5. The van der Waals surface area contributed by atoms with Gasteiger partial charge in [0.25, 0.3) is 0 Å². The predicted octanol–water partition coefficient (Wildman–Crippen LogP) is 4.57. The molecule has 0 amide bonds. The molecule has 5 nitrogen and oxygen atoms in total. The topological polar surface area (TPSA) is 49.3 Å². The second-order valence-electron chi connectivity index (χ2n) is 9.04. The lowest BCUT2D eigenvalue weighted by atomic mass is 9.85. The Kier molecular flexibility index (Phi) is 6.31. The molecule has 0 radical (unpaired) electrons. The number of anilines is 1. The van der Waals surface area contributed by atoms with Crippen LogP contribution in [0.2, 0.25) is 0 Å². The van der Waals surface area contributed by atoms with E-state index in [9.17, 15) is 4.79 Å². The largest absolute Gasteiger partial charge is 0.338 e. The number of aryl methyl sites for hydroxylation is 1. The van der Waals surface area contributed by atoms with Crippen molar-refractivity contribution in [3.05, 3.63) is 94.8 Å². The fraction of sp³-hybridized carbons (Fsp3) is 0.321. The normalized spacial score (nSPS) is 19.1.